The molecule has 2 fully saturated rings. The predicted octanol–water partition coefficient (Wildman–Crippen LogP) is 5.63. The fraction of sp³-hybridized carbons (Fsp3) is 0.536. The van der Waals surface area contributed by atoms with Crippen LogP contribution in [0.1, 0.15) is 71.8 Å². The number of aliphatic imine (C=N–C) groups is 1. The summed E-state index contributed by atoms with van der Waals surface area (Å²) in [6, 6.07) is 11.5. The second kappa shape index (κ2) is 9.86. The van der Waals surface area contributed by atoms with Crippen LogP contribution in [0, 0.1) is 5.92 Å². The van der Waals surface area contributed by atoms with E-state index in [0.717, 1.165) is 48.0 Å². The molecule has 0 bridgehead atoms. The first-order chi connectivity index (χ1) is 16.2. The molecule has 0 N–H and O–H groups in total. The van der Waals surface area contributed by atoms with Crippen molar-refractivity contribution in [2.45, 2.75) is 63.2 Å². The molecule has 2 aliphatic carbocycles. The van der Waals surface area contributed by atoms with E-state index in [-0.39, 0.29) is 0 Å². The van der Waals surface area contributed by atoms with Gasteiger partial charge < -0.3 is 18.9 Å². The van der Waals surface area contributed by atoms with E-state index in [2.05, 4.69) is 30.3 Å². The lowest BCUT2D eigenvalue weighted by Gasteiger charge is -2.40. The van der Waals surface area contributed by atoms with Gasteiger partial charge in [-0.2, -0.15) is 0 Å². The predicted molar refractivity (Wildman–Crippen MR) is 130 cm³/mol. The summed E-state index contributed by atoms with van der Waals surface area (Å²) < 4.78 is 22.8. The van der Waals surface area contributed by atoms with E-state index >= 15 is 0 Å². The van der Waals surface area contributed by atoms with Crippen LogP contribution in [0.15, 0.2) is 35.3 Å². The zero-order valence-electron chi connectivity index (χ0n) is 20.0. The number of rotatable bonds is 9. The van der Waals surface area contributed by atoms with Crippen LogP contribution >= 0.6 is 0 Å². The first-order valence-corrected chi connectivity index (χ1v) is 12.2. The van der Waals surface area contributed by atoms with Crippen LogP contribution < -0.4 is 9.47 Å². The third-order valence-corrected chi connectivity index (χ3v) is 7.40. The fourth-order valence-corrected chi connectivity index (χ4v) is 5.54. The number of nitrogens with zero attached hydrogens (tertiary/aromatic N) is 1. The number of ether oxygens (including phenoxy) is 4. The van der Waals surface area contributed by atoms with Crippen molar-refractivity contribution in [3.8, 4) is 11.5 Å². The molecule has 5 nitrogen and oxygen atoms in total. The molecule has 2 aromatic carbocycles. The van der Waals surface area contributed by atoms with E-state index in [1.165, 1.54) is 36.0 Å². The Bertz CT molecular complexity index is 1010. The van der Waals surface area contributed by atoms with Gasteiger partial charge in [-0.05, 0) is 72.4 Å². The molecule has 3 unspecified atom stereocenters. The van der Waals surface area contributed by atoms with Crippen molar-refractivity contribution in [2.24, 2.45) is 10.9 Å². The Hall–Kier alpha value is -2.37. The van der Waals surface area contributed by atoms with E-state index < -0.39 is 0 Å². The highest BCUT2D eigenvalue weighted by molar-refractivity contribution is 5.85. The fourth-order valence-electron chi connectivity index (χ4n) is 5.54. The van der Waals surface area contributed by atoms with Gasteiger partial charge in [0.15, 0.2) is 0 Å². The van der Waals surface area contributed by atoms with Crippen LogP contribution in [-0.2, 0) is 22.7 Å². The Morgan fingerprint density at radius 1 is 0.879 bits per heavy atom. The molecule has 3 atom stereocenters. The number of hydrogen-bond acceptors (Lipinski definition) is 5. The molecule has 0 amide bonds. The Kier molecular flexibility index (Phi) is 6.70. The first kappa shape index (κ1) is 22.4. The van der Waals surface area contributed by atoms with E-state index in [9.17, 15) is 0 Å². The highest BCUT2D eigenvalue weighted by Gasteiger charge is 2.38. The lowest BCUT2D eigenvalue weighted by molar-refractivity contribution is 0.179. The van der Waals surface area contributed by atoms with Crippen LogP contribution in [0.4, 0.5) is 0 Å². The molecular weight excluding hydrogens is 414 g/mol. The molecule has 33 heavy (non-hydrogen) atoms. The molecular formula is C28H35NO4. The van der Waals surface area contributed by atoms with Crippen LogP contribution in [0.5, 0.6) is 11.5 Å². The van der Waals surface area contributed by atoms with Crippen molar-refractivity contribution >= 4 is 6.21 Å². The molecule has 2 aromatic rings. The summed E-state index contributed by atoms with van der Waals surface area (Å²) in [5.74, 6) is 3.33. The minimum Gasteiger partial charge on any atom is -0.496 e. The van der Waals surface area contributed by atoms with Crippen LogP contribution in [0.3, 0.4) is 0 Å². The number of hydrogen-bond donors (Lipinski definition) is 0. The average molecular weight is 450 g/mol. The molecule has 5 rings (SSSR count). The third kappa shape index (κ3) is 4.67. The summed E-state index contributed by atoms with van der Waals surface area (Å²) in [6.45, 7) is 1.93. The van der Waals surface area contributed by atoms with Crippen molar-refractivity contribution < 1.29 is 18.9 Å². The Labute approximate surface area is 197 Å². The number of methoxy groups -OCH3 is 3. The lowest BCUT2D eigenvalue weighted by atomic mass is 9.67. The largest absolute Gasteiger partial charge is 0.496 e. The second-order valence-corrected chi connectivity index (χ2v) is 9.69. The highest BCUT2D eigenvalue weighted by atomic mass is 16.5. The minimum atomic E-state index is 0.314. The number of fused-ring (bicyclic) bond motifs is 3. The number of benzene rings is 2. The zero-order chi connectivity index (χ0) is 22.8. The SMILES string of the molecule is COCc1cc2c(cc1OC)C=NC1CCCC(c3ccc(COC)c(OCC4CC4)c3)C21. The Morgan fingerprint density at radius 2 is 1.70 bits per heavy atom. The van der Waals surface area contributed by atoms with E-state index in [1.54, 1.807) is 21.3 Å². The topological polar surface area (TPSA) is 49.3 Å². The van der Waals surface area contributed by atoms with Gasteiger partial charge in [-0.1, -0.05) is 18.6 Å². The minimum absolute atomic E-state index is 0.314. The summed E-state index contributed by atoms with van der Waals surface area (Å²) >= 11 is 0. The standard InChI is InChI=1S/C28H35NO4/c1-30-16-20-10-9-19(12-27(20)33-15-18-7-8-18)23-5-4-6-25-28(23)24-11-22(17-31-2)26(32-3)13-21(24)14-29-25/h9-14,18,23,25,28H,4-8,15-17H2,1-3H3. The van der Waals surface area contributed by atoms with E-state index in [0.29, 0.717) is 31.1 Å². The Morgan fingerprint density at radius 3 is 2.45 bits per heavy atom. The molecule has 2 saturated carbocycles. The van der Waals surface area contributed by atoms with Gasteiger partial charge in [0.25, 0.3) is 0 Å². The van der Waals surface area contributed by atoms with Gasteiger partial charge in [-0.15, -0.1) is 0 Å². The van der Waals surface area contributed by atoms with Gasteiger partial charge in [-0.3, -0.25) is 4.99 Å². The van der Waals surface area contributed by atoms with Crippen LogP contribution in [-0.4, -0.2) is 40.2 Å². The first-order valence-electron chi connectivity index (χ1n) is 12.2. The van der Waals surface area contributed by atoms with Gasteiger partial charge in [-0.25, -0.2) is 0 Å². The van der Waals surface area contributed by atoms with Crippen molar-refractivity contribution in [2.75, 3.05) is 27.9 Å². The molecule has 0 radical (unpaired) electrons. The quantitative estimate of drug-likeness (QED) is 0.498. The molecule has 0 saturated heterocycles. The molecule has 0 spiro atoms. The normalized spacial score (nSPS) is 23.7. The molecule has 176 valence electrons. The van der Waals surface area contributed by atoms with Crippen molar-refractivity contribution in [1.29, 1.82) is 0 Å². The van der Waals surface area contributed by atoms with Crippen LogP contribution in [0.2, 0.25) is 0 Å². The van der Waals surface area contributed by atoms with Gasteiger partial charge in [0.1, 0.15) is 11.5 Å². The highest BCUT2D eigenvalue weighted by Crippen LogP contribution is 2.49. The molecule has 5 heteroatoms. The zero-order valence-corrected chi connectivity index (χ0v) is 20.0. The summed E-state index contributed by atoms with van der Waals surface area (Å²) in [5.41, 5.74) is 6.11. The summed E-state index contributed by atoms with van der Waals surface area (Å²) in [5, 5.41) is 0. The molecule has 1 aliphatic heterocycles. The molecule has 1 heterocycles. The van der Waals surface area contributed by atoms with Gasteiger partial charge in [0, 0.05) is 37.5 Å². The summed E-state index contributed by atoms with van der Waals surface area (Å²) in [6.07, 6.45) is 8.10. The molecule has 0 aromatic heterocycles. The monoisotopic (exact) mass is 449 g/mol. The second-order valence-electron chi connectivity index (χ2n) is 9.69. The van der Waals surface area contributed by atoms with Crippen molar-refractivity contribution in [3.05, 3.63) is 58.1 Å². The van der Waals surface area contributed by atoms with Gasteiger partial charge >= 0.3 is 0 Å². The lowest BCUT2D eigenvalue weighted by Crippen LogP contribution is -2.31. The maximum atomic E-state index is 6.29. The van der Waals surface area contributed by atoms with E-state index in [4.69, 9.17) is 23.9 Å². The third-order valence-electron chi connectivity index (χ3n) is 7.40. The smallest absolute Gasteiger partial charge is 0.125 e. The Balaban J connectivity index is 1.51. The molecule has 3 aliphatic rings. The summed E-state index contributed by atoms with van der Waals surface area (Å²) in [7, 11) is 5.20. The average Bonchev–Trinajstić information content (AvgIpc) is 3.67. The van der Waals surface area contributed by atoms with Gasteiger partial charge in [0.2, 0.25) is 0 Å². The van der Waals surface area contributed by atoms with Crippen molar-refractivity contribution in [3.63, 3.8) is 0 Å². The maximum absolute atomic E-state index is 6.29. The van der Waals surface area contributed by atoms with E-state index in [1.807, 2.05) is 6.21 Å². The maximum Gasteiger partial charge on any atom is 0.125 e. The summed E-state index contributed by atoms with van der Waals surface area (Å²) in [4.78, 5) is 4.99. The van der Waals surface area contributed by atoms with Crippen molar-refractivity contribution in [1.82, 2.24) is 0 Å². The van der Waals surface area contributed by atoms with Gasteiger partial charge in [0.05, 0.1) is 33.0 Å². The van der Waals surface area contributed by atoms with Crippen LogP contribution in [0.25, 0.3) is 0 Å².